The van der Waals surface area contributed by atoms with Crippen molar-refractivity contribution < 1.29 is 14.7 Å². The van der Waals surface area contributed by atoms with E-state index in [9.17, 15) is 9.59 Å². The number of aliphatic carboxylic acids is 1. The van der Waals surface area contributed by atoms with Gasteiger partial charge in [-0.2, -0.15) is 5.26 Å². The Balaban J connectivity index is 2.96. The van der Waals surface area contributed by atoms with Crippen molar-refractivity contribution in [1.82, 2.24) is 0 Å². The Kier molecular flexibility index (Phi) is 4.63. The number of nitriles is 1. The third-order valence-corrected chi connectivity index (χ3v) is 3.35. The van der Waals surface area contributed by atoms with E-state index in [4.69, 9.17) is 10.4 Å². The van der Waals surface area contributed by atoms with Gasteiger partial charge in [0.15, 0.2) is 0 Å². The SMILES string of the molecule is CCc1c(C)sc(NC(=O)/C=C/C(=O)O)c1C#N. The molecular weight excluding hydrogens is 252 g/mol. The highest BCUT2D eigenvalue weighted by atomic mass is 32.1. The lowest BCUT2D eigenvalue weighted by atomic mass is 10.1. The van der Waals surface area contributed by atoms with Crippen molar-refractivity contribution in [3.8, 4) is 6.07 Å². The molecule has 1 aromatic heterocycles. The average molecular weight is 264 g/mol. The third kappa shape index (κ3) is 3.18. The van der Waals surface area contributed by atoms with Gasteiger partial charge in [-0.15, -0.1) is 11.3 Å². The van der Waals surface area contributed by atoms with Crippen molar-refractivity contribution in [2.24, 2.45) is 0 Å². The molecule has 1 heterocycles. The van der Waals surface area contributed by atoms with E-state index in [1.165, 1.54) is 11.3 Å². The number of carboxylic acid groups (broad SMARTS) is 1. The first-order chi connectivity index (χ1) is 8.49. The van der Waals surface area contributed by atoms with Crippen LogP contribution in [0.25, 0.3) is 0 Å². The fourth-order valence-electron chi connectivity index (χ4n) is 1.51. The van der Waals surface area contributed by atoms with Crippen LogP contribution in [0.4, 0.5) is 5.00 Å². The van der Waals surface area contributed by atoms with Crippen LogP contribution in [0.3, 0.4) is 0 Å². The van der Waals surface area contributed by atoms with E-state index in [0.29, 0.717) is 17.0 Å². The number of nitrogens with one attached hydrogen (secondary N) is 1. The van der Waals surface area contributed by atoms with Crippen molar-refractivity contribution in [1.29, 1.82) is 5.26 Å². The van der Waals surface area contributed by atoms with E-state index < -0.39 is 11.9 Å². The first-order valence-electron chi connectivity index (χ1n) is 5.24. The summed E-state index contributed by atoms with van der Waals surface area (Å²) >= 11 is 1.32. The summed E-state index contributed by atoms with van der Waals surface area (Å²) in [6.45, 7) is 3.82. The van der Waals surface area contributed by atoms with Gasteiger partial charge in [-0.25, -0.2) is 4.79 Å². The van der Waals surface area contributed by atoms with E-state index in [2.05, 4.69) is 11.4 Å². The van der Waals surface area contributed by atoms with Gasteiger partial charge in [0, 0.05) is 17.0 Å². The topological polar surface area (TPSA) is 90.2 Å². The molecule has 0 bridgehead atoms. The van der Waals surface area contributed by atoms with Crippen LogP contribution in [0.1, 0.15) is 22.9 Å². The van der Waals surface area contributed by atoms with E-state index >= 15 is 0 Å². The normalized spacial score (nSPS) is 10.3. The van der Waals surface area contributed by atoms with Gasteiger partial charge in [-0.1, -0.05) is 6.92 Å². The van der Waals surface area contributed by atoms with Crippen LogP contribution in [0.5, 0.6) is 0 Å². The molecule has 0 radical (unpaired) electrons. The number of hydrogen-bond donors (Lipinski definition) is 2. The van der Waals surface area contributed by atoms with Gasteiger partial charge in [0.2, 0.25) is 5.91 Å². The van der Waals surface area contributed by atoms with Gasteiger partial charge in [0.05, 0.1) is 5.56 Å². The first-order valence-corrected chi connectivity index (χ1v) is 6.05. The number of carbonyl (C=O) groups is 2. The first kappa shape index (κ1) is 13.9. The van der Waals surface area contributed by atoms with E-state index in [0.717, 1.165) is 22.6 Å². The summed E-state index contributed by atoms with van der Waals surface area (Å²) in [6, 6.07) is 2.06. The molecule has 6 heteroatoms. The maximum Gasteiger partial charge on any atom is 0.328 e. The molecule has 0 aliphatic carbocycles. The summed E-state index contributed by atoms with van der Waals surface area (Å²) in [5, 5.41) is 20.5. The molecular formula is C12H12N2O3S. The summed E-state index contributed by atoms with van der Waals surface area (Å²) in [5.74, 6) is -1.75. The molecule has 0 aromatic carbocycles. The van der Waals surface area contributed by atoms with Crippen LogP contribution in [0, 0.1) is 18.3 Å². The predicted molar refractivity (Wildman–Crippen MR) is 68.6 cm³/mol. The van der Waals surface area contributed by atoms with Crippen LogP contribution in [-0.2, 0) is 16.0 Å². The van der Waals surface area contributed by atoms with Crippen molar-refractivity contribution in [3.63, 3.8) is 0 Å². The highest BCUT2D eigenvalue weighted by molar-refractivity contribution is 7.16. The summed E-state index contributed by atoms with van der Waals surface area (Å²) in [4.78, 5) is 22.7. The molecule has 0 saturated heterocycles. The minimum atomic E-state index is -1.19. The molecule has 0 aliphatic heterocycles. The van der Waals surface area contributed by atoms with Gasteiger partial charge in [0.25, 0.3) is 0 Å². The monoisotopic (exact) mass is 264 g/mol. The number of aryl methyl sites for hydroxylation is 1. The fourth-order valence-corrected chi connectivity index (χ4v) is 2.61. The van der Waals surface area contributed by atoms with Gasteiger partial charge in [-0.05, 0) is 18.9 Å². The van der Waals surface area contributed by atoms with Gasteiger partial charge < -0.3 is 10.4 Å². The summed E-state index contributed by atoms with van der Waals surface area (Å²) in [6.07, 6.45) is 2.39. The molecule has 0 unspecified atom stereocenters. The zero-order chi connectivity index (χ0) is 13.7. The number of anilines is 1. The van der Waals surface area contributed by atoms with Gasteiger partial charge in [0.1, 0.15) is 11.1 Å². The van der Waals surface area contributed by atoms with Crippen LogP contribution in [0.15, 0.2) is 12.2 Å². The Bertz CT molecular complexity index is 552. The lowest BCUT2D eigenvalue weighted by molar-refractivity contribution is -0.131. The third-order valence-electron chi connectivity index (χ3n) is 2.29. The molecule has 2 N–H and O–H groups in total. The number of thiophene rings is 1. The van der Waals surface area contributed by atoms with Crippen LogP contribution in [0.2, 0.25) is 0 Å². The Morgan fingerprint density at radius 1 is 1.50 bits per heavy atom. The predicted octanol–water partition coefficient (Wildman–Crippen LogP) is 2.07. The lowest BCUT2D eigenvalue weighted by Gasteiger charge is -1.99. The minimum absolute atomic E-state index is 0.456. The summed E-state index contributed by atoms with van der Waals surface area (Å²) in [5.41, 5.74) is 1.37. The average Bonchev–Trinajstić information content (AvgIpc) is 2.61. The van der Waals surface area contributed by atoms with Crippen molar-refractivity contribution in [2.45, 2.75) is 20.3 Å². The summed E-state index contributed by atoms with van der Waals surface area (Å²) in [7, 11) is 0. The smallest absolute Gasteiger partial charge is 0.328 e. The Hall–Kier alpha value is -2.13. The molecule has 0 aliphatic rings. The number of nitrogens with zero attached hydrogens (tertiary/aromatic N) is 1. The maximum atomic E-state index is 11.4. The number of amides is 1. The van der Waals surface area contributed by atoms with Crippen molar-refractivity contribution in [3.05, 3.63) is 28.2 Å². The Morgan fingerprint density at radius 2 is 2.17 bits per heavy atom. The second kappa shape index (κ2) is 5.98. The molecule has 1 aromatic rings. The van der Waals surface area contributed by atoms with Gasteiger partial charge in [-0.3, -0.25) is 4.79 Å². The number of carbonyl (C=O) groups excluding carboxylic acids is 1. The zero-order valence-corrected chi connectivity index (χ0v) is 10.8. The van der Waals surface area contributed by atoms with E-state index in [1.54, 1.807) is 0 Å². The molecule has 0 saturated carbocycles. The summed E-state index contributed by atoms with van der Waals surface area (Å²) < 4.78 is 0. The minimum Gasteiger partial charge on any atom is -0.478 e. The number of rotatable bonds is 4. The van der Waals surface area contributed by atoms with Crippen LogP contribution >= 0.6 is 11.3 Å². The highest BCUT2D eigenvalue weighted by Gasteiger charge is 2.15. The molecule has 18 heavy (non-hydrogen) atoms. The molecule has 5 nitrogen and oxygen atoms in total. The Labute approximate surface area is 108 Å². The number of carboxylic acids is 1. The van der Waals surface area contributed by atoms with Crippen LogP contribution in [-0.4, -0.2) is 17.0 Å². The number of hydrogen-bond acceptors (Lipinski definition) is 4. The molecule has 1 amide bonds. The fraction of sp³-hybridized carbons (Fsp3) is 0.250. The maximum absolute atomic E-state index is 11.4. The second-order valence-electron chi connectivity index (χ2n) is 3.47. The Morgan fingerprint density at radius 3 is 2.67 bits per heavy atom. The quantitative estimate of drug-likeness (QED) is 0.814. The highest BCUT2D eigenvalue weighted by Crippen LogP contribution is 2.32. The van der Waals surface area contributed by atoms with Crippen molar-refractivity contribution in [2.75, 3.05) is 5.32 Å². The van der Waals surface area contributed by atoms with Gasteiger partial charge >= 0.3 is 5.97 Å². The second-order valence-corrected chi connectivity index (χ2v) is 4.69. The standard InChI is InChI=1S/C12H12N2O3S/c1-3-8-7(2)18-12(9(8)6-13)14-10(15)4-5-11(16)17/h4-5H,3H2,1-2H3,(H,14,15)(H,16,17)/b5-4+. The van der Waals surface area contributed by atoms with E-state index in [1.807, 2.05) is 13.8 Å². The van der Waals surface area contributed by atoms with Crippen molar-refractivity contribution >= 4 is 28.2 Å². The molecule has 1 rings (SSSR count). The molecule has 0 fully saturated rings. The van der Waals surface area contributed by atoms with E-state index in [-0.39, 0.29) is 0 Å². The molecule has 0 spiro atoms. The lowest BCUT2D eigenvalue weighted by Crippen LogP contribution is -2.08. The molecule has 94 valence electrons. The molecule has 0 atom stereocenters. The van der Waals surface area contributed by atoms with Crippen LogP contribution < -0.4 is 5.32 Å². The zero-order valence-electron chi connectivity index (χ0n) is 9.98. The largest absolute Gasteiger partial charge is 0.478 e.